The van der Waals surface area contributed by atoms with Crippen molar-refractivity contribution in [1.82, 2.24) is 10.1 Å². The number of carbonyl (C=O) groups is 1. The lowest BCUT2D eigenvalue weighted by atomic mass is 10.2. The second kappa shape index (κ2) is 6.52. The first kappa shape index (κ1) is 15.1. The largest absolute Gasteiger partial charge is 0.484 e. The molecule has 0 bridgehead atoms. The van der Waals surface area contributed by atoms with Gasteiger partial charge in [0.2, 0.25) is 0 Å². The minimum Gasteiger partial charge on any atom is -0.484 e. The molecule has 0 N–H and O–H groups in total. The van der Waals surface area contributed by atoms with E-state index in [0.717, 1.165) is 36.1 Å². The Balaban J connectivity index is 1.67. The average molecular weight is 365 g/mol. The van der Waals surface area contributed by atoms with Crippen molar-refractivity contribution in [3.05, 3.63) is 45.8 Å². The lowest BCUT2D eigenvalue weighted by Gasteiger charge is -2.16. The van der Waals surface area contributed by atoms with Crippen LogP contribution in [0.15, 0.2) is 33.3 Å². The fraction of sp³-hybridized carbons (Fsp3) is 0.375. The minimum absolute atomic E-state index is 0.0793. The van der Waals surface area contributed by atoms with Gasteiger partial charge in [0.05, 0.1) is 10.2 Å². The predicted molar refractivity (Wildman–Crippen MR) is 84.9 cm³/mol. The Hall–Kier alpha value is -1.82. The van der Waals surface area contributed by atoms with Crippen molar-refractivity contribution in [2.24, 2.45) is 0 Å². The lowest BCUT2D eigenvalue weighted by molar-refractivity contribution is 0.0792. The van der Waals surface area contributed by atoms with E-state index in [0.29, 0.717) is 23.7 Å². The number of hydrogen-bond donors (Lipinski definition) is 0. The SMILES string of the molecule is Cc1cc(COc2ccc(C(=O)N3CCCC3)cc2Br)on1. The Bertz CT molecular complexity index is 678. The Morgan fingerprint density at radius 2 is 2.14 bits per heavy atom. The molecule has 1 amide bonds. The van der Waals surface area contributed by atoms with Crippen LogP contribution in [0.4, 0.5) is 0 Å². The summed E-state index contributed by atoms with van der Waals surface area (Å²) in [6.45, 7) is 3.86. The Labute approximate surface area is 137 Å². The average Bonchev–Trinajstić information content (AvgIpc) is 3.16. The van der Waals surface area contributed by atoms with E-state index >= 15 is 0 Å². The molecule has 2 heterocycles. The van der Waals surface area contributed by atoms with Crippen molar-refractivity contribution in [3.8, 4) is 5.75 Å². The van der Waals surface area contributed by atoms with Crippen molar-refractivity contribution < 1.29 is 14.1 Å². The molecule has 116 valence electrons. The van der Waals surface area contributed by atoms with E-state index in [4.69, 9.17) is 9.26 Å². The zero-order valence-corrected chi connectivity index (χ0v) is 13.9. The third-order valence-electron chi connectivity index (χ3n) is 3.62. The standard InChI is InChI=1S/C16H17BrN2O3/c1-11-8-13(22-18-11)10-21-15-5-4-12(9-14(15)17)16(20)19-6-2-3-7-19/h4-5,8-9H,2-3,6-7,10H2,1H3. The van der Waals surface area contributed by atoms with Gasteiger partial charge in [-0.05, 0) is 53.9 Å². The van der Waals surface area contributed by atoms with E-state index in [-0.39, 0.29) is 5.91 Å². The molecular weight excluding hydrogens is 348 g/mol. The van der Waals surface area contributed by atoms with Gasteiger partial charge in [0.15, 0.2) is 5.76 Å². The van der Waals surface area contributed by atoms with Crippen molar-refractivity contribution in [3.63, 3.8) is 0 Å². The van der Waals surface area contributed by atoms with Gasteiger partial charge in [0, 0.05) is 24.7 Å². The zero-order valence-electron chi connectivity index (χ0n) is 12.3. The molecule has 1 aromatic carbocycles. The van der Waals surface area contributed by atoms with Gasteiger partial charge in [-0.25, -0.2) is 0 Å². The van der Waals surface area contributed by atoms with Gasteiger partial charge in [0.25, 0.3) is 5.91 Å². The predicted octanol–water partition coefficient (Wildman–Crippen LogP) is 3.56. The van der Waals surface area contributed by atoms with Crippen molar-refractivity contribution in [2.45, 2.75) is 26.4 Å². The molecule has 1 saturated heterocycles. The Kier molecular flexibility index (Phi) is 4.47. The van der Waals surface area contributed by atoms with Crippen LogP contribution < -0.4 is 4.74 Å². The third kappa shape index (κ3) is 3.32. The summed E-state index contributed by atoms with van der Waals surface area (Å²) in [5.41, 5.74) is 1.50. The molecule has 1 aliphatic heterocycles. The number of amides is 1. The van der Waals surface area contributed by atoms with Crippen LogP contribution in [0.1, 0.15) is 34.7 Å². The van der Waals surface area contributed by atoms with Crippen LogP contribution in [-0.4, -0.2) is 29.1 Å². The molecule has 0 saturated carbocycles. The Morgan fingerprint density at radius 3 is 2.77 bits per heavy atom. The molecule has 1 aliphatic rings. The first-order valence-electron chi connectivity index (χ1n) is 7.27. The highest BCUT2D eigenvalue weighted by atomic mass is 79.9. The highest BCUT2D eigenvalue weighted by molar-refractivity contribution is 9.10. The van der Waals surface area contributed by atoms with Crippen LogP contribution in [0.25, 0.3) is 0 Å². The molecular formula is C16H17BrN2O3. The smallest absolute Gasteiger partial charge is 0.253 e. The van der Waals surface area contributed by atoms with E-state index in [1.54, 1.807) is 12.1 Å². The van der Waals surface area contributed by atoms with E-state index in [2.05, 4.69) is 21.1 Å². The molecule has 3 rings (SSSR count). The van der Waals surface area contributed by atoms with Crippen LogP contribution in [0.2, 0.25) is 0 Å². The van der Waals surface area contributed by atoms with E-state index in [1.165, 1.54) is 0 Å². The maximum atomic E-state index is 12.3. The molecule has 5 nitrogen and oxygen atoms in total. The van der Waals surface area contributed by atoms with Crippen LogP contribution >= 0.6 is 15.9 Å². The fourth-order valence-corrected chi connectivity index (χ4v) is 2.98. The molecule has 0 atom stereocenters. The summed E-state index contributed by atoms with van der Waals surface area (Å²) in [5, 5.41) is 3.82. The Morgan fingerprint density at radius 1 is 1.36 bits per heavy atom. The molecule has 2 aromatic rings. The van der Waals surface area contributed by atoms with Crippen LogP contribution in [0.3, 0.4) is 0 Å². The number of ether oxygens (including phenoxy) is 1. The van der Waals surface area contributed by atoms with E-state index in [9.17, 15) is 4.79 Å². The molecule has 22 heavy (non-hydrogen) atoms. The lowest BCUT2D eigenvalue weighted by Crippen LogP contribution is -2.27. The molecule has 0 aliphatic carbocycles. The van der Waals surface area contributed by atoms with Crippen molar-refractivity contribution in [1.29, 1.82) is 0 Å². The van der Waals surface area contributed by atoms with Gasteiger partial charge in [0.1, 0.15) is 12.4 Å². The molecule has 1 aromatic heterocycles. The van der Waals surface area contributed by atoms with Gasteiger partial charge in [-0.3, -0.25) is 4.79 Å². The summed E-state index contributed by atoms with van der Waals surface area (Å²) in [6.07, 6.45) is 2.18. The number of benzene rings is 1. The summed E-state index contributed by atoms with van der Waals surface area (Å²) in [4.78, 5) is 14.2. The number of rotatable bonds is 4. The second-order valence-electron chi connectivity index (χ2n) is 5.37. The number of aromatic nitrogens is 1. The van der Waals surface area contributed by atoms with Gasteiger partial charge in [-0.15, -0.1) is 0 Å². The first-order chi connectivity index (χ1) is 10.6. The monoisotopic (exact) mass is 364 g/mol. The van der Waals surface area contributed by atoms with Gasteiger partial charge in [-0.1, -0.05) is 5.16 Å². The topological polar surface area (TPSA) is 55.6 Å². The minimum atomic E-state index is 0.0793. The summed E-state index contributed by atoms with van der Waals surface area (Å²) in [7, 11) is 0. The quantitative estimate of drug-likeness (QED) is 0.832. The number of likely N-dealkylation sites (tertiary alicyclic amines) is 1. The van der Waals surface area contributed by atoms with Crippen LogP contribution in [0, 0.1) is 6.92 Å². The molecule has 0 unspecified atom stereocenters. The van der Waals surface area contributed by atoms with E-state index < -0.39 is 0 Å². The number of halogens is 1. The van der Waals surface area contributed by atoms with Gasteiger partial charge >= 0.3 is 0 Å². The van der Waals surface area contributed by atoms with Crippen molar-refractivity contribution in [2.75, 3.05) is 13.1 Å². The summed E-state index contributed by atoms with van der Waals surface area (Å²) in [6, 6.07) is 7.24. The van der Waals surface area contributed by atoms with E-state index in [1.807, 2.05) is 24.0 Å². The number of nitrogens with zero attached hydrogens (tertiary/aromatic N) is 2. The molecule has 6 heteroatoms. The highest BCUT2D eigenvalue weighted by Gasteiger charge is 2.20. The number of hydrogen-bond acceptors (Lipinski definition) is 4. The summed E-state index contributed by atoms with van der Waals surface area (Å²) >= 11 is 3.46. The zero-order chi connectivity index (χ0) is 15.5. The maximum absolute atomic E-state index is 12.3. The maximum Gasteiger partial charge on any atom is 0.253 e. The van der Waals surface area contributed by atoms with Gasteiger partial charge in [-0.2, -0.15) is 0 Å². The fourth-order valence-electron chi connectivity index (χ4n) is 2.49. The van der Waals surface area contributed by atoms with Gasteiger partial charge < -0.3 is 14.2 Å². The molecule has 0 spiro atoms. The van der Waals surface area contributed by atoms with Crippen LogP contribution in [0.5, 0.6) is 5.75 Å². The highest BCUT2D eigenvalue weighted by Crippen LogP contribution is 2.28. The summed E-state index contributed by atoms with van der Waals surface area (Å²) in [5.74, 6) is 1.42. The van der Waals surface area contributed by atoms with Crippen LogP contribution in [-0.2, 0) is 6.61 Å². The normalized spacial score (nSPS) is 14.4. The molecule has 0 radical (unpaired) electrons. The number of carbonyl (C=O) groups excluding carboxylic acids is 1. The third-order valence-corrected chi connectivity index (χ3v) is 4.24. The van der Waals surface area contributed by atoms with Crippen molar-refractivity contribution >= 4 is 21.8 Å². The second-order valence-corrected chi connectivity index (χ2v) is 6.22. The molecule has 1 fully saturated rings. The number of aryl methyl sites for hydroxylation is 1. The first-order valence-corrected chi connectivity index (χ1v) is 8.06. The summed E-state index contributed by atoms with van der Waals surface area (Å²) < 4.78 is 11.6.